The number of carbonyl (C=O) groups is 1. The summed E-state index contributed by atoms with van der Waals surface area (Å²) < 4.78 is 39.5. The van der Waals surface area contributed by atoms with Gasteiger partial charge in [-0.25, -0.2) is 9.99 Å². The van der Waals surface area contributed by atoms with E-state index in [2.05, 4.69) is 15.9 Å². The lowest BCUT2D eigenvalue weighted by Crippen LogP contribution is -2.42. The maximum Gasteiger partial charge on any atom is 0.417 e. The first-order valence-corrected chi connectivity index (χ1v) is 9.41. The Morgan fingerprint density at radius 3 is 2.73 bits per heavy atom. The summed E-state index contributed by atoms with van der Waals surface area (Å²) in [6.45, 7) is 3.71. The number of aromatic nitrogens is 1. The number of nitrogens with one attached hydrogen (secondary N) is 2. The van der Waals surface area contributed by atoms with Crippen LogP contribution in [0.5, 0.6) is 0 Å². The zero-order valence-electron chi connectivity index (χ0n) is 16.0. The molecule has 1 unspecified atom stereocenters. The summed E-state index contributed by atoms with van der Waals surface area (Å²) in [5.41, 5.74) is 7.22. The van der Waals surface area contributed by atoms with Crippen LogP contribution in [-0.2, 0) is 6.18 Å². The monoisotopic (exact) mass is 435 g/mol. The number of pyridine rings is 1. The van der Waals surface area contributed by atoms with Crippen molar-refractivity contribution in [1.29, 1.82) is 0 Å². The lowest BCUT2D eigenvalue weighted by Gasteiger charge is -2.30. The summed E-state index contributed by atoms with van der Waals surface area (Å²) in [5, 5.41) is 1.12. The molecule has 1 aromatic heterocycles. The van der Waals surface area contributed by atoms with E-state index in [1.54, 1.807) is 24.2 Å². The standard InChI is InChI=1S/C20H17ClF3N5O/c1-11-6-8-25-16(10-11)29-15-7-9-28(12(2)18(15)26-27-29)19(30)13-4-3-5-14(17(13)21)20(22,23)24/h3-10,12,26-27H,1-2H3. The molecule has 6 nitrogen and oxygen atoms in total. The second-order valence-corrected chi connectivity index (χ2v) is 7.31. The molecule has 0 aliphatic carbocycles. The summed E-state index contributed by atoms with van der Waals surface area (Å²) in [5.74, 6) is 0.0281. The van der Waals surface area contributed by atoms with Gasteiger partial charge in [0.2, 0.25) is 0 Å². The van der Waals surface area contributed by atoms with Gasteiger partial charge in [0.05, 0.1) is 33.6 Å². The number of carbonyl (C=O) groups excluding carboxylic acids is 1. The number of anilines is 1. The highest BCUT2D eigenvalue weighted by Gasteiger charge is 2.37. The van der Waals surface area contributed by atoms with Crippen molar-refractivity contribution in [3.05, 3.63) is 81.9 Å². The van der Waals surface area contributed by atoms with Crippen molar-refractivity contribution in [3.63, 3.8) is 0 Å². The molecule has 10 heteroatoms. The number of allylic oxidation sites excluding steroid dienone is 1. The predicted octanol–water partition coefficient (Wildman–Crippen LogP) is 4.16. The summed E-state index contributed by atoms with van der Waals surface area (Å²) >= 11 is 5.94. The zero-order valence-corrected chi connectivity index (χ0v) is 16.7. The molecule has 4 rings (SSSR count). The van der Waals surface area contributed by atoms with Crippen molar-refractivity contribution in [1.82, 2.24) is 20.8 Å². The Labute approximate surface area is 175 Å². The number of nitrogens with zero attached hydrogens (tertiary/aromatic N) is 3. The maximum absolute atomic E-state index is 13.2. The van der Waals surface area contributed by atoms with E-state index in [0.717, 1.165) is 17.3 Å². The van der Waals surface area contributed by atoms with Gasteiger partial charge in [-0.1, -0.05) is 17.7 Å². The minimum atomic E-state index is -4.65. The fourth-order valence-electron chi connectivity index (χ4n) is 3.38. The van der Waals surface area contributed by atoms with Crippen LogP contribution in [0.25, 0.3) is 0 Å². The molecule has 2 N–H and O–H groups in total. The molecule has 0 fully saturated rings. The smallest absolute Gasteiger partial charge is 0.306 e. The van der Waals surface area contributed by atoms with E-state index < -0.39 is 28.7 Å². The van der Waals surface area contributed by atoms with E-state index in [1.807, 2.05) is 19.1 Å². The van der Waals surface area contributed by atoms with Crippen LogP contribution in [0.15, 0.2) is 60.2 Å². The minimum Gasteiger partial charge on any atom is -0.306 e. The van der Waals surface area contributed by atoms with Crippen LogP contribution in [0.1, 0.15) is 28.4 Å². The highest BCUT2D eigenvalue weighted by Crippen LogP contribution is 2.37. The average Bonchev–Trinajstić information content (AvgIpc) is 3.12. The molecule has 2 aromatic rings. The number of hydrogen-bond acceptors (Lipinski definition) is 5. The highest BCUT2D eigenvalue weighted by atomic mass is 35.5. The fraction of sp³-hybridized carbons (Fsp3) is 0.200. The Balaban J connectivity index is 1.64. The van der Waals surface area contributed by atoms with Crippen LogP contribution in [0, 0.1) is 6.92 Å². The van der Waals surface area contributed by atoms with Crippen molar-refractivity contribution in [2.45, 2.75) is 26.1 Å². The van der Waals surface area contributed by atoms with Gasteiger partial charge < -0.3 is 10.3 Å². The molecule has 1 atom stereocenters. The van der Waals surface area contributed by atoms with Gasteiger partial charge in [0.25, 0.3) is 5.91 Å². The van der Waals surface area contributed by atoms with Crippen LogP contribution in [0.2, 0.25) is 5.02 Å². The van der Waals surface area contributed by atoms with Crippen molar-refractivity contribution in [2.24, 2.45) is 0 Å². The van der Waals surface area contributed by atoms with Gasteiger partial charge in [0.15, 0.2) is 0 Å². The molecule has 2 aliphatic heterocycles. The van der Waals surface area contributed by atoms with E-state index in [9.17, 15) is 18.0 Å². The molecule has 0 radical (unpaired) electrons. The van der Waals surface area contributed by atoms with Crippen molar-refractivity contribution < 1.29 is 18.0 Å². The van der Waals surface area contributed by atoms with Gasteiger partial charge in [-0.2, -0.15) is 13.2 Å². The molecule has 0 saturated heterocycles. The normalized spacial score (nSPS) is 18.5. The third-order valence-electron chi connectivity index (χ3n) is 4.95. The lowest BCUT2D eigenvalue weighted by atomic mass is 10.0. The van der Waals surface area contributed by atoms with Gasteiger partial charge in [0, 0.05) is 12.4 Å². The lowest BCUT2D eigenvalue weighted by molar-refractivity contribution is -0.137. The summed E-state index contributed by atoms with van der Waals surface area (Å²) in [6, 6.07) is 6.60. The van der Waals surface area contributed by atoms with Gasteiger partial charge in [-0.15, -0.1) is 5.53 Å². The minimum absolute atomic E-state index is 0.213. The van der Waals surface area contributed by atoms with E-state index in [-0.39, 0.29) is 5.56 Å². The number of rotatable bonds is 2. The number of hydrogen-bond donors (Lipinski definition) is 2. The molecular weight excluding hydrogens is 419 g/mol. The van der Waals surface area contributed by atoms with Crippen LogP contribution in [0.3, 0.4) is 0 Å². The van der Waals surface area contributed by atoms with Crippen LogP contribution in [-0.4, -0.2) is 21.8 Å². The number of amides is 1. The Hall–Kier alpha value is -3.04. The van der Waals surface area contributed by atoms with Gasteiger partial charge in [-0.3, -0.25) is 4.79 Å². The Kier molecular flexibility index (Phi) is 4.95. The first-order valence-electron chi connectivity index (χ1n) is 9.03. The van der Waals surface area contributed by atoms with Crippen LogP contribution in [0.4, 0.5) is 19.0 Å². The molecule has 2 aliphatic rings. The number of halogens is 4. The first-order chi connectivity index (χ1) is 14.2. The third kappa shape index (κ3) is 3.40. The largest absolute Gasteiger partial charge is 0.417 e. The zero-order chi connectivity index (χ0) is 21.6. The molecule has 1 amide bonds. The molecule has 156 valence electrons. The van der Waals surface area contributed by atoms with Gasteiger partial charge in [0.1, 0.15) is 5.82 Å². The summed E-state index contributed by atoms with van der Waals surface area (Å²) in [4.78, 5) is 18.7. The second kappa shape index (κ2) is 7.33. The second-order valence-electron chi connectivity index (χ2n) is 6.93. The first kappa shape index (κ1) is 20.2. The Morgan fingerprint density at radius 1 is 1.27 bits per heavy atom. The molecule has 1 aromatic carbocycles. The van der Waals surface area contributed by atoms with E-state index in [1.165, 1.54) is 23.2 Å². The molecule has 3 heterocycles. The molecule has 0 spiro atoms. The number of alkyl halides is 3. The fourth-order valence-corrected chi connectivity index (χ4v) is 3.70. The van der Waals surface area contributed by atoms with Crippen LogP contribution < -0.4 is 16.0 Å². The SMILES string of the molecule is Cc1ccnc(N2NNC3=C2C=CN(C(=O)c2cccc(C(F)(F)F)c2Cl)C3C)c1. The quantitative estimate of drug-likeness (QED) is 0.741. The average molecular weight is 436 g/mol. The Morgan fingerprint density at radius 2 is 2.03 bits per heavy atom. The molecule has 30 heavy (non-hydrogen) atoms. The van der Waals surface area contributed by atoms with Crippen molar-refractivity contribution in [3.8, 4) is 0 Å². The van der Waals surface area contributed by atoms with Gasteiger partial charge in [-0.05, 0) is 49.8 Å². The number of benzene rings is 1. The number of hydrazine groups is 2. The Bertz CT molecular complexity index is 1080. The third-order valence-corrected chi connectivity index (χ3v) is 5.35. The maximum atomic E-state index is 13.2. The molecular formula is C20H17ClF3N5O. The molecule has 0 saturated carbocycles. The topological polar surface area (TPSA) is 60.5 Å². The summed E-state index contributed by atoms with van der Waals surface area (Å²) in [6.07, 6.45) is 0.253. The summed E-state index contributed by atoms with van der Waals surface area (Å²) in [7, 11) is 0. The van der Waals surface area contributed by atoms with E-state index in [0.29, 0.717) is 11.5 Å². The number of aryl methyl sites for hydroxylation is 1. The predicted molar refractivity (Wildman–Crippen MR) is 106 cm³/mol. The van der Waals surface area contributed by atoms with E-state index in [4.69, 9.17) is 11.6 Å². The van der Waals surface area contributed by atoms with Crippen molar-refractivity contribution >= 4 is 23.3 Å². The van der Waals surface area contributed by atoms with Crippen molar-refractivity contribution in [2.75, 3.05) is 5.01 Å². The van der Waals surface area contributed by atoms with E-state index >= 15 is 0 Å². The van der Waals surface area contributed by atoms with Crippen LogP contribution >= 0.6 is 11.6 Å². The molecule has 0 bridgehead atoms. The highest BCUT2D eigenvalue weighted by molar-refractivity contribution is 6.34. The van der Waals surface area contributed by atoms with Gasteiger partial charge >= 0.3 is 6.18 Å².